The third-order valence-corrected chi connectivity index (χ3v) is 4.16. The molecule has 0 bridgehead atoms. The van der Waals surface area contributed by atoms with E-state index in [0.717, 1.165) is 19.5 Å². The van der Waals surface area contributed by atoms with Crippen molar-refractivity contribution < 1.29 is 14.3 Å². The van der Waals surface area contributed by atoms with Gasteiger partial charge in [-0.3, -0.25) is 9.69 Å². The molecule has 1 saturated heterocycles. The number of carbonyl (C=O) groups excluding carboxylic acids is 2. The summed E-state index contributed by atoms with van der Waals surface area (Å²) in [5.74, 6) is 0.423. The van der Waals surface area contributed by atoms with Gasteiger partial charge in [0.05, 0.1) is 6.54 Å². The smallest absolute Gasteiger partial charge is 0.407 e. The Balaban J connectivity index is 1.69. The number of rotatable bonds is 5. The molecule has 1 atom stereocenters. The molecule has 1 aromatic rings. The quantitative estimate of drug-likeness (QED) is 0.840. The topological polar surface area (TPSA) is 71.5 Å². The predicted octanol–water partition coefficient (Wildman–Crippen LogP) is 2.17. The number of nitrogens with zero attached hydrogens (tertiary/aromatic N) is 2. The summed E-state index contributed by atoms with van der Waals surface area (Å²) in [6.45, 7) is 8.19. The third kappa shape index (κ3) is 5.38. The number of Topliss-reactive ketones (excluding diaryl/α,β-unsaturated/α-hetero) is 1. The highest BCUT2D eigenvalue weighted by Crippen LogP contribution is 2.17. The predicted molar refractivity (Wildman–Crippen MR) is 85.2 cm³/mol. The van der Waals surface area contributed by atoms with Gasteiger partial charge in [-0.05, 0) is 39.7 Å². The Morgan fingerprint density at radius 3 is 2.91 bits per heavy atom. The van der Waals surface area contributed by atoms with E-state index in [0.29, 0.717) is 24.0 Å². The van der Waals surface area contributed by atoms with Crippen molar-refractivity contribution in [2.75, 3.05) is 26.2 Å². The standard InChI is InChI=1S/C15H23N3O3S/c1-15(2,3)21-14(20)17-8-11-4-6-18(9-11)10-12(19)13-16-5-7-22-13/h5,7,11H,4,6,8-10H2,1-3H3,(H,17,20)/t11-/m0/s1. The van der Waals surface area contributed by atoms with Crippen molar-refractivity contribution in [2.45, 2.75) is 32.8 Å². The van der Waals surface area contributed by atoms with E-state index in [1.807, 2.05) is 26.2 Å². The zero-order valence-corrected chi connectivity index (χ0v) is 14.1. The first kappa shape index (κ1) is 16.9. The van der Waals surface area contributed by atoms with Crippen LogP contribution in [0.2, 0.25) is 0 Å². The summed E-state index contributed by atoms with van der Waals surface area (Å²) in [4.78, 5) is 29.8. The zero-order chi connectivity index (χ0) is 16.2. The van der Waals surface area contributed by atoms with E-state index in [1.54, 1.807) is 6.20 Å². The van der Waals surface area contributed by atoms with Gasteiger partial charge in [-0.1, -0.05) is 0 Å². The number of hydrogen-bond acceptors (Lipinski definition) is 6. The van der Waals surface area contributed by atoms with Crippen LogP contribution in [-0.4, -0.2) is 53.5 Å². The summed E-state index contributed by atoms with van der Waals surface area (Å²) < 4.78 is 5.21. The molecule has 2 rings (SSSR count). The number of ketones is 1. The van der Waals surface area contributed by atoms with E-state index in [2.05, 4.69) is 15.2 Å². The molecule has 0 saturated carbocycles. The Bertz CT molecular complexity index is 511. The summed E-state index contributed by atoms with van der Waals surface area (Å²) in [6, 6.07) is 0. The molecule has 1 N–H and O–H groups in total. The van der Waals surface area contributed by atoms with Crippen LogP contribution in [-0.2, 0) is 4.74 Å². The van der Waals surface area contributed by atoms with Crippen LogP contribution in [0.1, 0.15) is 37.0 Å². The molecule has 0 aliphatic carbocycles. The lowest BCUT2D eigenvalue weighted by molar-refractivity contribution is 0.0519. The van der Waals surface area contributed by atoms with E-state index in [-0.39, 0.29) is 11.9 Å². The molecule has 22 heavy (non-hydrogen) atoms. The van der Waals surface area contributed by atoms with E-state index < -0.39 is 5.60 Å². The highest BCUT2D eigenvalue weighted by Gasteiger charge is 2.26. The van der Waals surface area contributed by atoms with Crippen LogP contribution >= 0.6 is 11.3 Å². The Morgan fingerprint density at radius 1 is 1.50 bits per heavy atom. The minimum Gasteiger partial charge on any atom is -0.444 e. The van der Waals surface area contributed by atoms with E-state index in [1.165, 1.54) is 11.3 Å². The number of carbonyl (C=O) groups is 2. The number of alkyl carbamates (subject to hydrolysis) is 1. The number of aromatic nitrogens is 1. The molecular weight excluding hydrogens is 302 g/mol. The van der Waals surface area contributed by atoms with Gasteiger partial charge in [0, 0.05) is 24.7 Å². The highest BCUT2D eigenvalue weighted by molar-refractivity contribution is 7.11. The van der Waals surface area contributed by atoms with Crippen molar-refractivity contribution >= 4 is 23.2 Å². The minimum atomic E-state index is -0.480. The van der Waals surface area contributed by atoms with Gasteiger partial charge >= 0.3 is 6.09 Å². The van der Waals surface area contributed by atoms with E-state index in [4.69, 9.17) is 4.74 Å². The minimum absolute atomic E-state index is 0.0655. The number of thiazole rings is 1. The molecule has 7 heteroatoms. The van der Waals surface area contributed by atoms with Crippen molar-refractivity contribution in [1.82, 2.24) is 15.2 Å². The molecule has 0 spiro atoms. The summed E-state index contributed by atoms with van der Waals surface area (Å²) in [6.07, 6.45) is 2.24. The van der Waals surface area contributed by atoms with Gasteiger partial charge in [0.25, 0.3) is 0 Å². The second-order valence-electron chi connectivity index (χ2n) is 6.53. The maximum atomic E-state index is 12.0. The molecule has 122 valence electrons. The summed E-state index contributed by atoms with van der Waals surface area (Å²) in [7, 11) is 0. The maximum Gasteiger partial charge on any atom is 0.407 e. The Kier molecular flexibility index (Phi) is 5.52. The van der Waals surface area contributed by atoms with Crippen LogP contribution in [0.3, 0.4) is 0 Å². The van der Waals surface area contributed by atoms with Crippen molar-refractivity contribution in [3.05, 3.63) is 16.6 Å². The van der Waals surface area contributed by atoms with Gasteiger partial charge in [-0.15, -0.1) is 11.3 Å². The van der Waals surface area contributed by atoms with Crippen molar-refractivity contribution in [3.63, 3.8) is 0 Å². The monoisotopic (exact) mass is 325 g/mol. The number of likely N-dealkylation sites (tertiary alicyclic amines) is 1. The van der Waals surface area contributed by atoms with Crippen LogP contribution in [0.4, 0.5) is 4.79 Å². The van der Waals surface area contributed by atoms with Gasteiger partial charge in [0.1, 0.15) is 5.60 Å². The van der Waals surface area contributed by atoms with Crippen molar-refractivity contribution in [1.29, 1.82) is 0 Å². The van der Waals surface area contributed by atoms with Gasteiger partial charge in [-0.25, -0.2) is 9.78 Å². The number of ether oxygens (including phenoxy) is 1. The first-order chi connectivity index (χ1) is 10.3. The van der Waals surface area contributed by atoms with Gasteiger partial charge in [0.15, 0.2) is 5.01 Å². The summed E-state index contributed by atoms with van der Waals surface area (Å²) >= 11 is 1.37. The number of amides is 1. The third-order valence-electron chi connectivity index (χ3n) is 3.34. The Labute approximate surface area is 134 Å². The largest absolute Gasteiger partial charge is 0.444 e. The van der Waals surface area contributed by atoms with Gasteiger partial charge < -0.3 is 10.1 Å². The molecule has 0 radical (unpaired) electrons. The molecular formula is C15H23N3O3S. The second-order valence-corrected chi connectivity index (χ2v) is 7.43. The highest BCUT2D eigenvalue weighted by atomic mass is 32.1. The average Bonchev–Trinajstić information content (AvgIpc) is 3.05. The van der Waals surface area contributed by atoms with Crippen LogP contribution in [0.15, 0.2) is 11.6 Å². The zero-order valence-electron chi connectivity index (χ0n) is 13.3. The molecule has 1 aromatic heterocycles. The second kappa shape index (κ2) is 7.19. The Morgan fingerprint density at radius 2 is 2.27 bits per heavy atom. The van der Waals surface area contributed by atoms with Gasteiger partial charge in [-0.2, -0.15) is 0 Å². The SMILES string of the molecule is CC(C)(C)OC(=O)NC[C@@H]1CCN(CC(=O)c2nccs2)C1. The summed E-state index contributed by atoms with van der Waals surface area (Å²) in [5, 5.41) is 5.17. The molecule has 2 heterocycles. The molecule has 1 fully saturated rings. The van der Waals surface area contributed by atoms with Crippen molar-refractivity contribution in [2.24, 2.45) is 5.92 Å². The fourth-order valence-corrected chi connectivity index (χ4v) is 2.97. The van der Waals surface area contributed by atoms with E-state index >= 15 is 0 Å². The molecule has 0 aromatic carbocycles. The first-order valence-corrected chi connectivity index (χ1v) is 8.33. The van der Waals surface area contributed by atoms with Crippen molar-refractivity contribution in [3.8, 4) is 0 Å². The molecule has 1 aliphatic heterocycles. The Hall–Kier alpha value is -1.47. The maximum absolute atomic E-state index is 12.0. The summed E-state index contributed by atoms with van der Waals surface area (Å²) in [5.41, 5.74) is -0.480. The number of hydrogen-bond donors (Lipinski definition) is 1. The molecule has 6 nitrogen and oxygen atoms in total. The fraction of sp³-hybridized carbons (Fsp3) is 0.667. The van der Waals surface area contributed by atoms with Gasteiger partial charge in [0.2, 0.25) is 5.78 Å². The average molecular weight is 325 g/mol. The number of nitrogens with one attached hydrogen (secondary N) is 1. The molecule has 1 amide bonds. The fourth-order valence-electron chi connectivity index (χ4n) is 2.40. The lowest BCUT2D eigenvalue weighted by Crippen LogP contribution is -2.36. The van der Waals surface area contributed by atoms with Crippen LogP contribution < -0.4 is 5.32 Å². The normalized spacial score (nSPS) is 19.1. The van der Waals surface area contributed by atoms with Crippen LogP contribution in [0.25, 0.3) is 0 Å². The molecule has 1 aliphatic rings. The van der Waals surface area contributed by atoms with E-state index in [9.17, 15) is 9.59 Å². The first-order valence-electron chi connectivity index (χ1n) is 7.45. The van der Waals surface area contributed by atoms with Crippen LogP contribution in [0, 0.1) is 5.92 Å². The van der Waals surface area contributed by atoms with Crippen LogP contribution in [0.5, 0.6) is 0 Å². The molecule has 0 unspecified atom stereocenters. The lowest BCUT2D eigenvalue weighted by Gasteiger charge is -2.20. The lowest BCUT2D eigenvalue weighted by atomic mass is 10.1.